The molecule has 1 aliphatic rings. The zero-order valence-corrected chi connectivity index (χ0v) is 13.6. The van der Waals surface area contributed by atoms with Gasteiger partial charge in [0.2, 0.25) is 5.82 Å². The Balaban J connectivity index is 0.00000208. The summed E-state index contributed by atoms with van der Waals surface area (Å²) in [6.45, 7) is 1.85. The van der Waals surface area contributed by atoms with Crippen LogP contribution in [0, 0.1) is 0 Å². The Morgan fingerprint density at radius 1 is 1.54 bits per heavy atom. The smallest absolute Gasteiger partial charge is 0.276 e. The molecular weight excluding hydrogens is 338 g/mol. The lowest BCUT2D eigenvalue weighted by molar-refractivity contribution is -0.0270. The van der Waals surface area contributed by atoms with E-state index in [4.69, 9.17) is 15.2 Å². The number of morpholine rings is 1. The van der Waals surface area contributed by atoms with Gasteiger partial charge in [0.05, 0.1) is 13.2 Å². The van der Waals surface area contributed by atoms with E-state index < -0.39 is 6.10 Å². The fourth-order valence-corrected chi connectivity index (χ4v) is 2.28. The van der Waals surface area contributed by atoms with Crippen molar-refractivity contribution in [3.63, 3.8) is 0 Å². The summed E-state index contributed by atoms with van der Waals surface area (Å²) in [5, 5.41) is 13.7. The Labute approximate surface area is 144 Å². The number of tetrazole rings is 1. The van der Waals surface area contributed by atoms with Crippen molar-refractivity contribution >= 4 is 18.3 Å². The maximum atomic E-state index is 12.7. The van der Waals surface area contributed by atoms with Gasteiger partial charge < -0.3 is 20.1 Å². The standard InChI is InChI=1S/C13H17N7O3.ClH/c14-3-6-22-9-2-1-4-15-11(9)13(21)20-5-7-23-10(8-20)12-16-18-19-17-12;/h1-2,4,10H,3,5-8,14H2,(H,16,17,18,19);1H. The van der Waals surface area contributed by atoms with Crippen molar-refractivity contribution in [1.29, 1.82) is 0 Å². The minimum Gasteiger partial charge on any atom is -0.490 e. The van der Waals surface area contributed by atoms with Gasteiger partial charge in [0.15, 0.2) is 11.4 Å². The molecule has 1 fully saturated rings. The van der Waals surface area contributed by atoms with Gasteiger partial charge in [-0.15, -0.1) is 22.6 Å². The number of aromatic amines is 1. The summed E-state index contributed by atoms with van der Waals surface area (Å²) in [4.78, 5) is 18.5. The number of nitrogens with one attached hydrogen (secondary N) is 1. The molecule has 0 aromatic carbocycles. The molecule has 1 saturated heterocycles. The van der Waals surface area contributed by atoms with Crippen LogP contribution in [0.5, 0.6) is 5.75 Å². The molecule has 1 unspecified atom stereocenters. The molecule has 3 N–H and O–H groups in total. The van der Waals surface area contributed by atoms with Crippen LogP contribution in [-0.4, -0.2) is 69.3 Å². The van der Waals surface area contributed by atoms with Gasteiger partial charge in [-0.1, -0.05) is 5.21 Å². The number of carbonyl (C=O) groups is 1. The number of hydrogen-bond acceptors (Lipinski definition) is 8. The Bertz CT molecular complexity index is 655. The zero-order valence-electron chi connectivity index (χ0n) is 12.8. The van der Waals surface area contributed by atoms with E-state index in [-0.39, 0.29) is 24.0 Å². The van der Waals surface area contributed by atoms with Gasteiger partial charge in [-0.05, 0) is 12.1 Å². The first kappa shape index (κ1) is 18.0. The number of pyridine rings is 1. The number of aromatic nitrogens is 5. The number of nitrogens with zero attached hydrogens (tertiary/aromatic N) is 5. The molecule has 0 bridgehead atoms. The van der Waals surface area contributed by atoms with Crippen LogP contribution in [0.15, 0.2) is 18.3 Å². The molecule has 3 rings (SSSR count). The van der Waals surface area contributed by atoms with Gasteiger partial charge in [0.25, 0.3) is 5.91 Å². The molecule has 1 aliphatic heterocycles. The molecule has 10 nitrogen and oxygen atoms in total. The van der Waals surface area contributed by atoms with Crippen LogP contribution in [0.3, 0.4) is 0 Å². The highest BCUT2D eigenvalue weighted by molar-refractivity contribution is 5.95. The SMILES string of the molecule is Cl.NCCOc1cccnc1C(=O)N1CCOC(c2nn[nH]n2)C1. The molecule has 3 heterocycles. The minimum absolute atomic E-state index is 0. The average Bonchev–Trinajstić information content (AvgIpc) is 3.14. The first-order chi connectivity index (χ1) is 11.3. The van der Waals surface area contributed by atoms with Crippen molar-refractivity contribution in [2.24, 2.45) is 5.73 Å². The minimum atomic E-state index is -0.413. The predicted octanol–water partition coefficient (Wildman–Crippen LogP) is -0.432. The van der Waals surface area contributed by atoms with Crippen molar-refractivity contribution in [3.05, 3.63) is 29.8 Å². The number of rotatable bonds is 5. The molecule has 11 heteroatoms. The van der Waals surface area contributed by atoms with E-state index in [2.05, 4.69) is 25.6 Å². The van der Waals surface area contributed by atoms with E-state index in [0.717, 1.165) is 0 Å². The number of halogens is 1. The number of nitrogens with two attached hydrogens (primary N) is 1. The molecule has 24 heavy (non-hydrogen) atoms. The van der Waals surface area contributed by atoms with Crippen LogP contribution in [0.25, 0.3) is 0 Å². The second-order valence-electron chi connectivity index (χ2n) is 4.87. The Hall–Kier alpha value is -2.30. The molecule has 0 radical (unpaired) electrons. The topological polar surface area (TPSA) is 132 Å². The van der Waals surface area contributed by atoms with Gasteiger partial charge >= 0.3 is 0 Å². The van der Waals surface area contributed by atoms with Gasteiger partial charge in [0.1, 0.15) is 12.7 Å². The number of hydrogen-bond donors (Lipinski definition) is 2. The number of H-pyrrole nitrogens is 1. The highest BCUT2D eigenvalue weighted by Crippen LogP contribution is 2.22. The van der Waals surface area contributed by atoms with Crippen molar-refractivity contribution in [2.45, 2.75) is 6.10 Å². The maximum absolute atomic E-state index is 12.7. The van der Waals surface area contributed by atoms with Crippen LogP contribution >= 0.6 is 12.4 Å². The first-order valence-electron chi connectivity index (χ1n) is 7.21. The predicted molar refractivity (Wildman–Crippen MR) is 84.8 cm³/mol. The van der Waals surface area contributed by atoms with E-state index in [9.17, 15) is 4.79 Å². The lowest BCUT2D eigenvalue weighted by atomic mass is 10.2. The Morgan fingerprint density at radius 2 is 2.42 bits per heavy atom. The van der Waals surface area contributed by atoms with E-state index in [0.29, 0.717) is 44.4 Å². The van der Waals surface area contributed by atoms with Crippen molar-refractivity contribution in [3.8, 4) is 5.75 Å². The molecule has 130 valence electrons. The molecular formula is C13H18ClN7O3. The second-order valence-corrected chi connectivity index (χ2v) is 4.87. The van der Waals surface area contributed by atoms with E-state index in [1.54, 1.807) is 23.2 Å². The number of carbonyl (C=O) groups excluding carboxylic acids is 1. The van der Waals surface area contributed by atoms with Gasteiger partial charge in [-0.25, -0.2) is 4.98 Å². The van der Waals surface area contributed by atoms with E-state index >= 15 is 0 Å². The fourth-order valence-electron chi connectivity index (χ4n) is 2.28. The largest absolute Gasteiger partial charge is 0.490 e. The van der Waals surface area contributed by atoms with Crippen molar-refractivity contribution in [2.75, 3.05) is 32.8 Å². The summed E-state index contributed by atoms with van der Waals surface area (Å²) in [6.07, 6.45) is 1.14. The molecule has 2 aromatic heterocycles. The van der Waals surface area contributed by atoms with E-state index in [1.165, 1.54) is 0 Å². The van der Waals surface area contributed by atoms with Crippen molar-refractivity contribution in [1.82, 2.24) is 30.5 Å². The molecule has 1 atom stereocenters. The molecule has 2 aromatic rings. The monoisotopic (exact) mass is 355 g/mol. The Kier molecular flexibility index (Phi) is 6.41. The fraction of sp³-hybridized carbons (Fsp3) is 0.462. The van der Waals surface area contributed by atoms with Gasteiger partial charge in [-0.3, -0.25) is 4.79 Å². The number of amides is 1. The molecule has 0 saturated carbocycles. The Morgan fingerprint density at radius 3 is 3.17 bits per heavy atom. The first-order valence-corrected chi connectivity index (χ1v) is 7.21. The second kappa shape index (κ2) is 8.52. The molecule has 0 spiro atoms. The van der Waals surface area contributed by atoms with Gasteiger partial charge in [0, 0.05) is 19.3 Å². The van der Waals surface area contributed by atoms with Crippen LogP contribution in [0.1, 0.15) is 22.4 Å². The third-order valence-electron chi connectivity index (χ3n) is 3.35. The van der Waals surface area contributed by atoms with E-state index in [1.807, 2.05) is 0 Å². The number of ether oxygens (including phenoxy) is 2. The normalized spacial score (nSPS) is 17.2. The van der Waals surface area contributed by atoms with Crippen LogP contribution < -0.4 is 10.5 Å². The highest BCUT2D eigenvalue weighted by Gasteiger charge is 2.30. The lowest BCUT2D eigenvalue weighted by Gasteiger charge is -2.31. The third-order valence-corrected chi connectivity index (χ3v) is 3.35. The van der Waals surface area contributed by atoms with Crippen LogP contribution in [-0.2, 0) is 4.74 Å². The maximum Gasteiger partial charge on any atom is 0.276 e. The quantitative estimate of drug-likeness (QED) is 0.738. The summed E-state index contributed by atoms with van der Waals surface area (Å²) in [5.41, 5.74) is 5.70. The average molecular weight is 356 g/mol. The highest BCUT2D eigenvalue weighted by atomic mass is 35.5. The summed E-state index contributed by atoms with van der Waals surface area (Å²) < 4.78 is 11.1. The summed E-state index contributed by atoms with van der Waals surface area (Å²) in [6, 6.07) is 3.41. The summed E-state index contributed by atoms with van der Waals surface area (Å²) in [5.74, 6) is 0.614. The summed E-state index contributed by atoms with van der Waals surface area (Å²) >= 11 is 0. The zero-order chi connectivity index (χ0) is 16.1. The van der Waals surface area contributed by atoms with Crippen LogP contribution in [0.2, 0.25) is 0 Å². The lowest BCUT2D eigenvalue weighted by Crippen LogP contribution is -2.43. The third kappa shape index (κ3) is 3.96. The van der Waals surface area contributed by atoms with Gasteiger partial charge in [-0.2, -0.15) is 5.21 Å². The molecule has 0 aliphatic carbocycles. The summed E-state index contributed by atoms with van der Waals surface area (Å²) in [7, 11) is 0. The van der Waals surface area contributed by atoms with Crippen molar-refractivity contribution < 1.29 is 14.3 Å². The van der Waals surface area contributed by atoms with Crippen LogP contribution in [0.4, 0.5) is 0 Å². The molecule has 1 amide bonds.